The minimum absolute atomic E-state index is 0.0639. The van der Waals surface area contributed by atoms with Gasteiger partial charge in [-0.1, -0.05) is 6.08 Å². The van der Waals surface area contributed by atoms with Crippen molar-refractivity contribution >= 4 is 17.5 Å². The highest BCUT2D eigenvalue weighted by atomic mass is 16.6. The van der Waals surface area contributed by atoms with Gasteiger partial charge >= 0.3 is 0 Å². The van der Waals surface area contributed by atoms with Gasteiger partial charge in [0.1, 0.15) is 24.0 Å². The summed E-state index contributed by atoms with van der Waals surface area (Å²) in [5.74, 6) is 0.189. The van der Waals surface area contributed by atoms with Crippen LogP contribution in [-0.2, 0) is 4.74 Å². The molecule has 0 radical (unpaired) electrons. The first kappa shape index (κ1) is 15.7. The van der Waals surface area contributed by atoms with E-state index < -0.39 is 36.7 Å². The number of anilines is 3. The molecule has 6 N–H and O–H groups in total. The lowest BCUT2D eigenvalue weighted by atomic mass is 10.1. The maximum absolute atomic E-state index is 12.2. The standard InChI is InChI=1S/C13H19N5O5/c1-2-3-17-5-18(10-7(17)11(22)16-13(14)15-10)12-9(21)8(20)6(4-19)23-12/h2,6,8-9,12,19-21H,1,3-5H2,(H3,14,15,16,22)/t6-,8-,9-,12-/m1/s1. The Labute approximate surface area is 131 Å². The lowest BCUT2D eigenvalue weighted by Crippen LogP contribution is -2.46. The number of nitrogens with two attached hydrogens (primary N) is 1. The number of aromatic amines is 1. The van der Waals surface area contributed by atoms with E-state index in [1.807, 2.05) is 0 Å². The Bertz CT molecular complexity index is 665. The largest absolute Gasteiger partial charge is 0.394 e. The van der Waals surface area contributed by atoms with Crippen LogP contribution < -0.4 is 21.1 Å². The highest BCUT2D eigenvalue weighted by Gasteiger charge is 2.48. The molecule has 2 aliphatic heterocycles. The molecule has 1 aromatic rings. The van der Waals surface area contributed by atoms with Crippen LogP contribution in [0.2, 0.25) is 0 Å². The van der Waals surface area contributed by atoms with Gasteiger partial charge in [0.05, 0.1) is 13.3 Å². The van der Waals surface area contributed by atoms with Crippen molar-refractivity contribution in [3.05, 3.63) is 23.0 Å². The van der Waals surface area contributed by atoms with E-state index in [2.05, 4.69) is 16.5 Å². The predicted molar refractivity (Wildman–Crippen MR) is 81.9 cm³/mol. The molecule has 23 heavy (non-hydrogen) atoms. The number of hydrogen-bond donors (Lipinski definition) is 5. The third-order valence-electron chi connectivity index (χ3n) is 3.98. The lowest BCUT2D eigenvalue weighted by molar-refractivity contribution is -0.0222. The van der Waals surface area contributed by atoms with Crippen molar-refractivity contribution in [2.75, 3.05) is 35.4 Å². The van der Waals surface area contributed by atoms with Gasteiger partial charge < -0.3 is 35.6 Å². The van der Waals surface area contributed by atoms with Crippen molar-refractivity contribution in [3.8, 4) is 0 Å². The number of nitrogens with zero attached hydrogens (tertiary/aromatic N) is 3. The van der Waals surface area contributed by atoms with Gasteiger partial charge in [0.15, 0.2) is 12.0 Å². The molecule has 3 heterocycles. The summed E-state index contributed by atoms with van der Waals surface area (Å²) in [6.07, 6.45) is -2.73. The maximum Gasteiger partial charge on any atom is 0.278 e. The Hall–Kier alpha value is -2.14. The maximum atomic E-state index is 12.2. The molecule has 10 nitrogen and oxygen atoms in total. The van der Waals surface area contributed by atoms with Crippen LogP contribution >= 0.6 is 0 Å². The van der Waals surface area contributed by atoms with E-state index in [1.165, 1.54) is 4.90 Å². The Balaban J connectivity index is 2.00. The molecule has 0 bridgehead atoms. The molecule has 0 unspecified atom stereocenters. The summed E-state index contributed by atoms with van der Waals surface area (Å²) in [5, 5.41) is 29.3. The molecule has 0 aliphatic carbocycles. The molecular formula is C13H19N5O5. The highest BCUT2D eigenvalue weighted by Crippen LogP contribution is 2.36. The second kappa shape index (κ2) is 5.81. The molecule has 3 rings (SSSR count). The first-order chi connectivity index (χ1) is 11.0. The Kier molecular flexibility index (Phi) is 3.98. The van der Waals surface area contributed by atoms with Crippen LogP contribution in [0.15, 0.2) is 17.4 Å². The minimum atomic E-state index is -1.26. The predicted octanol–water partition coefficient (Wildman–Crippen LogP) is -2.44. The van der Waals surface area contributed by atoms with Crippen molar-refractivity contribution < 1.29 is 20.1 Å². The smallest absolute Gasteiger partial charge is 0.278 e. The summed E-state index contributed by atoms with van der Waals surface area (Å²) in [5.41, 5.74) is 5.48. The molecule has 1 saturated heterocycles. The molecule has 4 atom stereocenters. The van der Waals surface area contributed by atoms with Gasteiger partial charge in [0.2, 0.25) is 5.95 Å². The topological polar surface area (TPSA) is 148 Å². The number of ether oxygens (including phenoxy) is 1. The summed E-state index contributed by atoms with van der Waals surface area (Å²) in [4.78, 5) is 22.0. The highest BCUT2D eigenvalue weighted by molar-refractivity contribution is 5.73. The van der Waals surface area contributed by atoms with Crippen LogP contribution in [-0.4, -0.2) is 69.6 Å². The fourth-order valence-corrected chi connectivity index (χ4v) is 2.92. The van der Waals surface area contributed by atoms with Crippen LogP contribution in [0.4, 0.5) is 17.5 Å². The molecule has 1 fully saturated rings. The van der Waals surface area contributed by atoms with Crippen molar-refractivity contribution in [2.24, 2.45) is 0 Å². The van der Waals surface area contributed by atoms with Crippen LogP contribution in [0, 0.1) is 0 Å². The van der Waals surface area contributed by atoms with E-state index in [4.69, 9.17) is 10.5 Å². The number of hydrogen-bond acceptors (Lipinski definition) is 9. The average Bonchev–Trinajstić information content (AvgIpc) is 2.99. The Morgan fingerprint density at radius 2 is 2.22 bits per heavy atom. The zero-order chi connectivity index (χ0) is 16.7. The van der Waals surface area contributed by atoms with E-state index in [-0.39, 0.29) is 24.1 Å². The van der Waals surface area contributed by atoms with Crippen molar-refractivity contribution in [1.29, 1.82) is 0 Å². The minimum Gasteiger partial charge on any atom is -0.394 e. The van der Waals surface area contributed by atoms with Crippen molar-refractivity contribution in [1.82, 2.24) is 9.97 Å². The van der Waals surface area contributed by atoms with Crippen molar-refractivity contribution in [2.45, 2.75) is 24.5 Å². The monoisotopic (exact) mass is 325 g/mol. The summed E-state index contributed by atoms with van der Waals surface area (Å²) in [6.45, 7) is 3.80. The van der Waals surface area contributed by atoms with Gasteiger partial charge in [-0.2, -0.15) is 4.98 Å². The van der Waals surface area contributed by atoms with E-state index in [0.29, 0.717) is 6.54 Å². The van der Waals surface area contributed by atoms with Gasteiger partial charge in [-0.05, 0) is 0 Å². The molecule has 0 saturated carbocycles. The first-order valence-corrected chi connectivity index (χ1v) is 7.12. The number of aliphatic hydroxyl groups is 3. The fraction of sp³-hybridized carbons (Fsp3) is 0.538. The first-order valence-electron chi connectivity index (χ1n) is 7.12. The zero-order valence-electron chi connectivity index (χ0n) is 12.3. The van der Waals surface area contributed by atoms with E-state index in [0.717, 1.165) is 0 Å². The second-order valence-electron chi connectivity index (χ2n) is 5.47. The molecular weight excluding hydrogens is 306 g/mol. The fourth-order valence-electron chi connectivity index (χ4n) is 2.92. The van der Waals surface area contributed by atoms with E-state index in [9.17, 15) is 20.1 Å². The quantitative estimate of drug-likeness (QED) is 0.381. The second-order valence-corrected chi connectivity index (χ2v) is 5.47. The summed E-state index contributed by atoms with van der Waals surface area (Å²) in [7, 11) is 0. The number of aromatic nitrogens is 2. The van der Waals surface area contributed by atoms with Gasteiger partial charge in [0, 0.05) is 6.54 Å². The lowest BCUT2D eigenvalue weighted by Gasteiger charge is -2.28. The van der Waals surface area contributed by atoms with Gasteiger partial charge in [-0.25, -0.2) is 0 Å². The number of nitrogen functional groups attached to an aromatic ring is 1. The summed E-state index contributed by atoms with van der Waals surface area (Å²) >= 11 is 0. The molecule has 1 aromatic heterocycles. The van der Waals surface area contributed by atoms with Gasteiger partial charge in [-0.3, -0.25) is 9.78 Å². The van der Waals surface area contributed by atoms with Gasteiger partial charge in [0.25, 0.3) is 5.56 Å². The molecule has 126 valence electrons. The zero-order valence-corrected chi connectivity index (χ0v) is 12.3. The van der Waals surface area contributed by atoms with Crippen LogP contribution in [0.25, 0.3) is 0 Å². The molecule has 10 heteroatoms. The molecule has 0 amide bonds. The number of rotatable bonds is 4. The third kappa shape index (κ3) is 2.45. The number of aliphatic hydroxyl groups excluding tert-OH is 3. The SMILES string of the molecule is C=CCN1CN([C@@H]2O[C@H](CO)[C@@H](O)[C@H]2O)c2nc(N)[nH]c(=O)c21. The molecule has 2 aliphatic rings. The van der Waals surface area contributed by atoms with E-state index >= 15 is 0 Å². The van der Waals surface area contributed by atoms with E-state index in [1.54, 1.807) is 11.0 Å². The van der Waals surface area contributed by atoms with Crippen LogP contribution in [0.1, 0.15) is 0 Å². The van der Waals surface area contributed by atoms with Crippen LogP contribution in [0.5, 0.6) is 0 Å². The Morgan fingerprint density at radius 3 is 2.83 bits per heavy atom. The number of nitrogens with one attached hydrogen (secondary N) is 1. The average molecular weight is 325 g/mol. The molecule has 0 aromatic carbocycles. The Morgan fingerprint density at radius 1 is 1.48 bits per heavy atom. The number of H-pyrrole nitrogens is 1. The van der Waals surface area contributed by atoms with Crippen molar-refractivity contribution in [3.63, 3.8) is 0 Å². The summed E-state index contributed by atoms with van der Waals surface area (Å²) in [6, 6.07) is 0. The number of fused-ring (bicyclic) bond motifs is 1. The third-order valence-corrected chi connectivity index (χ3v) is 3.98. The van der Waals surface area contributed by atoms with Crippen LogP contribution in [0.3, 0.4) is 0 Å². The normalized spacial score (nSPS) is 29.9. The molecule has 0 spiro atoms. The van der Waals surface area contributed by atoms with Gasteiger partial charge in [-0.15, -0.1) is 6.58 Å². The summed E-state index contributed by atoms with van der Waals surface area (Å²) < 4.78 is 5.51.